The number of hydrogen-bond donors (Lipinski definition) is 5. The SMILES string of the molecule is CCNCCNC(=O)CCC(NC(=O)CCCC(=O)C(C)C)C(=O)NCCNC. The molecule has 5 N–H and O–H groups in total. The molecular weight excluding hydrogens is 374 g/mol. The van der Waals surface area contributed by atoms with Crippen LogP contribution in [0.1, 0.15) is 52.9 Å². The van der Waals surface area contributed by atoms with Crippen LogP contribution in [0.25, 0.3) is 0 Å². The van der Waals surface area contributed by atoms with E-state index < -0.39 is 6.04 Å². The highest BCUT2D eigenvalue weighted by Gasteiger charge is 2.21. The van der Waals surface area contributed by atoms with E-state index in [9.17, 15) is 19.2 Å². The van der Waals surface area contributed by atoms with Gasteiger partial charge in [0.2, 0.25) is 17.7 Å². The van der Waals surface area contributed by atoms with E-state index in [1.807, 2.05) is 20.8 Å². The van der Waals surface area contributed by atoms with E-state index in [2.05, 4.69) is 26.6 Å². The highest BCUT2D eigenvalue weighted by atomic mass is 16.2. The molecule has 9 nitrogen and oxygen atoms in total. The first-order valence-electron chi connectivity index (χ1n) is 10.5. The Bertz CT molecular complexity index is 511. The molecule has 29 heavy (non-hydrogen) atoms. The first-order chi connectivity index (χ1) is 13.8. The number of Topliss-reactive ketones (excluding diaryl/α,β-unsaturated/α-hetero) is 1. The van der Waals surface area contributed by atoms with Crippen LogP contribution in [0.2, 0.25) is 0 Å². The third-order valence-corrected chi connectivity index (χ3v) is 4.33. The highest BCUT2D eigenvalue weighted by Crippen LogP contribution is 2.05. The first kappa shape index (κ1) is 27.0. The van der Waals surface area contributed by atoms with Gasteiger partial charge in [-0.05, 0) is 26.4 Å². The average Bonchev–Trinajstić information content (AvgIpc) is 2.68. The van der Waals surface area contributed by atoms with Gasteiger partial charge in [0.15, 0.2) is 0 Å². The van der Waals surface area contributed by atoms with Crippen molar-refractivity contribution in [3.8, 4) is 0 Å². The van der Waals surface area contributed by atoms with Gasteiger partial charge in [0.25, 0.3) is 0 Å². The average molecular weight is 414 g/mol. The minimum Gasteiger partial charge on any atom is -0.355 e. The van der Waals surface area contributed by atoms with Crippen LogP contribution in [0, 0.1) is 5.92 Å². The van der Waals surface area contributed by atoms with E-state index in [1.54, 1.807) is 7.05 Å². The standard InChI is InChI=1S/C20H39N5O4/c1-5-22-12-14-23-18(27)10-9-16(20(29)24-13-11-21-4)25-19(28)8-6-7-17(26)15(2)3/h15-16,21-22H,5-14H2,1-4H3,(H,23,27)(H,24,29)(H,25,28). The quantitative estimate of drug-likeness (QED) is 0.208. The normalized spacial score (nSPS) is 11.8. The molecule has 0 aliphatic rings. The number of carbonyl (C=O) groups is 4. The summed E-state index contributed by atoms with van der Waals surface area (Å²) in [4.78, 5) is 48.2. The molecule has 0 bridgehead atoms. The minimum atomic E-state index is -0.778. The topological polar surface area (TPSA) is 128 Å². The number of likely N-dealkylation sites (N-methyl/N-ethyl adjacent to an activating group) is 2. The van der Waals surface area contributed by atoms with Crippen LogP contribution in [-0.2, 0) is 19.2 Å². The van der Waals surface area contributed by atoms with Crippen molar-refractivity contribution in [3.63, 3.8) is 0 Å². The number of carbonyl (C=O) groups excluding carboxylic acids is 4. The fraction of sp³-hybridized carbons (Fsp3) is 0.800. The molecule has 0 saturated carbocycles. The van der Waals surface area contributed by atoms with Crippen molar-refractivity contribution in [2.75, 3.05) is 39.8 Å². The molecule has 0 fully saturated rings. The number of nitrogens with one attached hydrogen (secondary N) is 5. The molecule has 168 valence electrons. The Morgan fingerprint density at radius 3 is 2.14 bits per heavy atom. The van der Waals surface area contributed by atoms with Crippen molar-refractivity contribution >= 4 is 23.5 Å². The van der Waals surface area contributed by atoms with Crippen molar-refractivity contribution in [3.05, 3.63) is 0 Å². The van der Waals surface area contributed by atoms with Crippen molar-refractivity contribution in [1.29, 1.82) is 0 Å². The number of amides is 3. The van der Waals surface area contributed by atoms with Crippen molar-refractivity contribution < 1.29 is 19.2 Å². The molecule has 1 atom stereocenters. The molecule has 0 saturated heterocycles. The summed E-state index contributed by atoms with van der Waals surface area (Å²) in [6, 6.07) is -0.778. The lowest BCUT2D eigenvalue weighted by molar-refractivity contribution is -0.130. The van der Waals surface area contributed by atoms with E-state index in [0.29, 0.717) is 39.0 Å². The monoisotopic (exact) mass is 413 g/mol. The van der Waals surface area contributed by atoms with Crippen molar-refractivity contribution in [1.82, 2.24) is 26.6 Å². The molecule has 1 unspecified atom stereocenters. The minimum absolute atomic E-state index is 0.0465. The molecule has 0 heterocycles. The van der Waals surface area contributed by atoms with Gasteiger partial charge in [-0.1, -0.05) is 20.8 Å². The Labute approximate surface area is 174 Å². The van der Waals surface area contributed by atoms with Crippen molar-refractivity contribution in [2.24, 2.45) is 5.92 Å². The van der Waals surface area contributed by atoms with Crippen LogP contribution in [-0.4, -0.2) is 69.3 Å². The number of hydrogen-bond acceptors (Lipinski definition) is 6. The van der Waals surface area contributed by atoms with E-state index >= 15 is 0 Å². The van der Waals surface area contributed by atoms with Crippen LogP contribution in [0.3, 0.4) is 0 Å². The van der Waals surface area contributed by atoms with E-state index in [4.69, 9.17) is 0 Å². The summed E-state index contributed by atoms with van der Waals surface area (Å²) in [5.41, 5.74) is 0. The molecule has 0 aromatic carbocycles. The molecule has 0 radical (unpaired) electrons. The largest absolute Gasteiger partial charge is 0.355 e. The molecule has 0 aliphatic carbocycles. The maximum absolute atomic E-state index is 12.4. The molecule has 0 aromatic rings. The Morgan fingerprint density at radius 1 is 0.828 bits per heavy atom. The summed E-state index contributed by atoms with van der Waals surface area (Å²) >= 11 is 0. The van der Waals surface area contributed by atoms with Crippen LogP contribution < -0.4 is 26.6 Å². The lowest BCUT2D eigenvalue weighted by atomic mass is 10.0. The van der Waals surface area contributed by atoms with Crippen LogP contribution in [0.5, 0.6) is 0 Å². The van der Waals surface area contributed by atoms with Gasteiger partial charge in [-0.25, -0.2) is 0 Å². The lowest BCUT2D eigenvalue weighted by Gasteiger charge is -2.18. The zero-order valence-corrected chi connectivity index (χ0v) is 18.4. The van der Waals surface area contributed by atoms with Gasteiger partial charge in [0.05, 0.1) is 0 Å². The summed E-state index contributed by atoms with van der Waals surface area (Å²) < 4.78 is 0. The molecule has 0 aromatic heterocycles. The van der Waals surface area contributed by atoms with Crippen LogP contribution >= 0.6 is 0 Å². The van der Waals surface area contributed by atoms with E-state index in [0.717, 1.165) is 6.54 Å². The zero-order chi connectivity index (χ0) is 22.1. The van der Waals surface area contributed by atoms with Gasteiger partial charge in [0.1, 0.15) is 11.8 Å². The van der Waals surface area contributed by atoms with Crippen LogP contribution in [0.15, 0.2) is 0 Å². The van der Waals surface area contributed by atoms with E-state index in [1.165, 1.54) is 0 Å². The second-order valence-electron chi connectivity index (χ2n) is 7.23. The highest BCUT2D eigenvalue weighted by molar-refractivity contribution is 5.88. The Hall–Kier alpha value is -2.00. The van der Waals surface area contributed by atoms with Gasteiger partial charge >= 0.3 is 0 Å². The van der Waals surface area contributed by atoms with Gasteiger partial charge in [0, 0.05) is 51.4 Å². The molecular formula is C20H39N5O4. The lowest BCUT2D eigenvalue weighted by Crippen LogP contribution is -2.48. The maximum Gasteiger partial charge on any atom is 0.242 e. The fourth-order valence-corrected chi connectivity index (χ4v) is 2.51. The molecule has 0 rings (SSSR count). The second kappa shape index (κ2) is 16.9. The third kappa shape index (κ3) is 14.6. The van der Waals surface area contributed by atoms with Gasteiger partial charge < -0.3 is 26.6 Å². The van der Waals surface area contributed by atoms with Gasteiger partial charge in [-0.2, -0.15) is 0 Å². The Balaban J connectivity index is 4.51. The van der Waals surface area contributed by atoms with Crippen molar-refractivity contribution in [2.45, 2.75) is 58.9 Å². The molecule has 0 spiro atoms. The Kier molecular flexibility index (Phi) is 15.7. The Morgan fingerprint density at radius 2 is 1.52 bits per heavy atom. The summed E-state index contributed by atoms with van der Waals surface area (Å²) in [7, 11) is 1.78. The molecule has 3 amide bonds. The third-order valence-electron chi connectivity index (χ3n) is 4.33. The second-order valence-corrected chi connectivity index (χ2v) is 7.23. The maximum atomic E-state index is 12.4. The van der Waals surface area contributed by atoms with Gasteiger partial charge in [-0.3, -0.25) is 19.2 Å². The predicted molar refractivity (Wildman–Crippen MR) is 113 cm³/mol. The zero-order valence-electron chi connectivity index (χ0n) is 18.4. The predicted octanol–water partition coefficient (Wildman–Crippen LogP) is -0.292. The molecule has 9 heteroatoms. The van der Waals surface area contributed by atoms with E-state index in [-0.39, 0.29) is 48.7 Å². The summed E-state index contributed by atoms with van der Waals surface area (Å²) in [5, 5.41) is 14.3. The van der Waals surface area contributed by atoms with Gasteiger partial charge in [-0.15, -0.1) is 0 Å². The molecule has 0 aliphatic heterocycles. The van der Waals surface area contributed by atoms with Crippen LogP contribution in [0.4, 0.5) is 0 Å². The number of ketones is 1. The fourth-order valence-electron chi connectivity index (χ4n) is 2.51. The summed E-state index contributed by atoms with van der Waals surface area (Å²) in [6.07, 6.45) is 1.32. The first-order valence-corrected chi connectivity index (χ1v) is 10.5. The number of rotatable bonds is 17. The summed E-state index contributed by atoms with van der Waals surface area (Å²) in [6.45, 7) is 8.71. The summed E-state index contributed by atoms with van der Waals surface area (Å²) in [5.74, 6) is -0.689. The smallest absolute Gasteiger partial charge is 0.242 e.